The fraction of sp³-hybridized carbons (Fsp3) is 0.0625. The summed E-state index contributed by atoms with van der Waals surface area (Å²) < 4.78 is 0. The van der Waals surface area contributed by atoms with E-state index in [2.05, 4.69) is 17.2 Å². The summed E-state index contributed by atoms with van der Waals surface area (Å²) in [7, 11) is 0. The van der Waals surface area contributed by atoms with E-state index in [0.29, 0.717) is 21.8 Å². The number of hydrogen-bond acceptors (Lipinski definition) is 2. The number of carbonyl (C=O) groups is 1. The van der Waals surface area contributed by atoms with Crippen molar-refractivity contribution in [2.45, 2.75) is 0 Å². The lowest BCUT2D eigenvalue weighted by molar-refractivity contribution is 0.102. The average Bonchev–Trinajstić information content (AvgIpc) is 2.48. The van der Waals surface area contributed by atoms with Crippen LogP contribution in [0.2, 0.25) is 5.02 Å². The minimum atomic E-state index is -0.222. The normalized spacial score (nSPS) is 9.50. The van der Waals surface area contributed by atoms with Gasteiger partial charge in [0.05, 0.1) is 0 Å². The zero-order chi connectivity index (χ0) is 14.4. The van der Waals surface area contributed by atoms with Crippen LogP contribution in [0.25, 0.3) is 0 Å². The molecule has 2 aromatic carbocycles. The predicted molar refractivity (Wildman–Crippen MR) is 79.8 cm³/mol. The Morgan fingerprint density at radius 1 is 1.20 bits per heavy atom. The lowest BCUT2D eigenvalue weighted by Gasteiger charge is -2.05. The van der Waals surface area contributed by atoms with Gasteiger partial charge in [0.25, 0.3) is 5.91 Å². The largest absolute Gasteiger partial charge is 0.384 e. The van der Waals surface area contributed by atoms with Gasteiger partial charge >= 0.3 is 0 Å². The van der Waals surface area contributed by atoms with E-state index in [4.69, 9.17) is 16.7 Å². The van der Waals surface area contributed by atoms with Crippen LogP contribution in [0.15, 0.2) is 48.5 Å². The molecule has 0 radical (unpaired) electrons. The molecular formula is C16H12ClNO2. The van der Waals surface area contributed by atoms with E-state index in [0.717, 1.165) is 0 Å². The number of halogens is 1. The summed E-state index contributed by atoms with van der Waals surface area (Å²) in [6, 6.07) is 13.8. The van der Waals surface area contributed by atoms with E-state index >= 15 is 0 Å². The summed E-state index contributed by atoms with van der Waals surface area (Å²) in [6.45, 7) is -0.207. The molecular weight excluding hydrogens is 274 g/mol. The summed E-state index contributed by atoms with van der Waals surface area (Å²) in [6.07, 6.45) is 0. The van der Waals surface area contributed by atoms with Crippen LogP contribution in [0, 0.1) is 11.8 Å². The Bertz CT molecular complexity index is 669. The molecule has 2 rings (SSSR count). The molecule has 0 fully saturated rings. The number of anilines is 1. The molecule has 0 aliphatic heterocycles. The fourth-order valence-electron chi connectivity index (χ4n) is 1.62. The SMILES string of the molecule is O=C(Nc1ccc(Cl)cc1)c1cccc(C#CCO)c1. The third-order valence-electron chi connectivity index (χ3n) is 2.54. The lowest BCUT2D eigenvalue weighted by Crippen LogP contribution is -2.11. The molecule has 0 saturated carbocycles. The van der Waals surface area contributed by atoms with Gasteiger partial charge in [-0.05, 0) is 42.5 Å². The van der Waals surface area contributed by atoms with Gasteiger partial charge in [-0.3, -0.25) is 4.79 Å². The lowest BCUT2D eigenvalue weighted by atomic mass is 10.1. The maximum Gasteiger partial charge on any atom is 0.255 e. The van der Waals surface area contributed by atoms with E-state index < -0.39 is 0 Å². The highest BCUT2D eigenvalue weighted by Crippen LogP contribution is 2.14. The molecule has 0 bridgehead atoms. The summed E-state index contributed by atoms with van der Waals surface area (Å²) >= 11 is 5.79. The zero-order valence-electron chi connectivity index (χ0n) is 10.6. The minimum absolute atomic E-state index is 0.207. The second-order valence-electron chi connectivity index (χ2n) is 4.00. The number of aliphatic hydroxyl groups is 1. The molecule has 100 valence electrons. The van der Waals surface area contributed by atoms with Gasteiger partial charge in [-0.1, -0.05) is 29.5 Å². The standard InChI is InChI=1S/C16H12ClNO2/c17-14-6-8-15(9-7-14)18-16(20)13-5-1-3-12(11-13)4-2-10-19/h1,3,5-9,11,19H,10H2,(H,18,20). The Labute approximate surface area is 122 Å². The Morgan fingerprint density at radius 3 is 2.65 bits per heavy atom. The number of hydrogen-bond donors (Lipinski definition) is 2. The predicted octanol–water partition coefficient (Wildman–Crippen LogP) is 2.94. The molecule has 4 heteroatoms. The topological polar surface area (TPSA) is 49.3 Å². The molecule has 0 heterocycles. The van der Waals surface area contributed by atoms with Crippen LogP contribution in [-0.4, -0.2) is 17.6 Å². The maximum atomic E-state index is 12.1. The van der Waals surface area contributed by atoms with Crippen molar-refractivity contribution in [2.24, 2.45) is 0 Å². The molecule has 0 aliphatic rings. The monoisotopic (exact) mass is 285 g/mol. The van der Waals surface area contributed by atoms with Gasteiger partial charge in [-0.25, -0.2) is 0 Å². The Balaban J connectivity index is 2.14. The van der Waals surface area contributed by atoms with Crippen LogP contribution < -0.4 is 5.32 Å². The number of benzene rings is 2. The van der Waals surface area contributed by atoms with Crippen molar-refractivity contribution >= 4 is 23.2 Å². The van der Waals surface area contributed by atoms with Crippen molar-refractivity contribution in [2.75, 3.05) is 11.9 Å². The summed E-state index contributed by atoms with van der Waals surface area (Å²) in [5, 5.41) is 12.0. The first-order chi connectivity index (χ1) is 9.69. The van der Waals surface area contributed by atoms with Crippen molar-refractivity contribution in [1.82, 2.24) is 0 Å². The molecule has 0 aromatic heterocycles. The van der Waals surface area contributed by atoms with Gasteiger partial charge in [-0.2, -0.15) is 0 Å². The number of rotatable bonds is 2. The Morgan fingerprint density at radius 2 is 1.95 bits per heavy atom. The highest BCUT2D eigenvalue weighted by molar-refractivity contribution is 6.30. The first-order valence-electron chi connectivity index (χ1n) is 5.96. The molecule has 3 nitrogen and oxygen atoms in total. The van der Waals surface area contributed by atoms with Crippen LogP contribution >= 0.6 is 11.6 Å². The third-order valence-corrected chi connectivity index (χ3v) is 2.79. The van der Waals surface area contributed by atoms with Crippen LogP contribution in [0.1, 0.15) is 15.9 Å². The van der Waals surface area contributed by atoms with Crippen LogP contribution in [0.4, 0.5) is 5.69 Å². The molecule has 0 aliphatic carbocycles. The maximum absolute atomic E-state index is 12.1. The van der Waals surface area contributed by atoms with Crippen molar-refractivity contribution in [1.29, 1.82) is 0 Å². The highest BCUT2D eigenvalue weighted by Gasteiger charge is 2.06. The van der Waals surface area contributed by atoms with E-state index in [1.807, 2.05) is 0 Å². The first-order valence-corrected chi connectivity index (χ1v) is 6.33. The van der Waals surface area contributed by atoms with Crippen molar-refractivity contribution in [3.8, 4) is 11.8 Å². The molecule has 1 amide bonds. The molecule has 20 heavy (non-hydrogen) atoms. The fourth-order valence-corrected chi connectivity index (χ4v) is 1.74. The van der Waals surface area contributed by atoms with Crippen molar-refractivity contribution in [3.63, 3.8) is 0 Å². The van der Waals surface area contributed by atoms with Crippen molar-refractivity contribution in [3.05, 3.63) is 64.7 Å². The molecule has 0 spiro atoms. The Kier molecular flexibility index (Phi) is 4.78. The average molecular weight is 286 g/mol. The summed E-state index contributed by atoms with van der Waals surface area (Å²) in [5.41, 5.74) is 1.86. The summed E-state index contributed by atoms with van der Waals surface area (Å²) in [4.78, 5) is 12.1. The molecule has 2 N–H and O–H groups in total. The van der Waals surface area contributed by atoms with Crippen LogP contribution in [0.3, 0.4) is 0 Å². The third kappa shape index (κ3) is 3.86. The van der Waals surface area contributed by atoms with Crippen molar-refractivity contribution < 1.29 is 9.90 Å². The van der Waals surface area contributed by atoms with Gasteiger partial charge in [0, 0.05) is 21.8 Å². The first kappa shape index (κ1) is 14.1. The van der Waals surface area contributed by atoms with Crippen LogP contribution in [0.5, 0.6) is 0 Å². The smallest absolute Gasteiger partial charge is 0.255 e. The zero-order valence-corrected chi connectivity index (χ0v) is 11.3. The van der Waals surface area contributed by atoms with E-state index in [9.17, 15) is 4.79 Å². The van der Waals surface area contributed by atoms with Crippen LogP contribution in [-0.2, 0) is 0 Å². The second-order valence-corrected chi connectivity index (χ2v) is 4.44. The molecule has 2 aromatic rings. The van der Waals surface area contributed by atoms with Gasteiger partial charge in [0.1, 0.15) is 6.61 Å². The van der Waals surface area contributed by atoms with E-state index in [-0.39, 0.29) is 12.5 Å². The Hall–Kier alpha value is -2.28. The highest BCUT2D eigenvalue weighted by atomic mass is 35.5. The second kappa shape index (κ2) is 6.76. The molecule has 0 unspecified atom stereocenters. The molecule has 0 saturated heterocycles. The minimum Gasteiger partial charge on any atom is -0.384 e. The number of amides is 1. The number of nitrogens with one attached hydrogen (secondary N) is 1. The summed E-state index contributed by atoms with van der Waals surface area (Å²) in [5.74, 6) is 5.09. The van der Waals surface area contributed by atoms with Gasteiger partial charge < -0.3 is 10.4 Å². The van der Waals surface area contributed by atoms with Gasteiger partial charge in [0.2, 0.25) is 0 Å². The quantitative estimate of drug-likeness (QED) is 0.834. The van der Waals surface area contributed by atoms with Gasteiger partial charge in [-0.15, -0.1) is 0 Å². The van der Waals surface area contributed by atoms with E-state index in [1.54, 1.807) is 48.5 Å². The molecule has 0 atom stereocenters. The van der Waals surface area contributed by atoms with Gasteiger partial charge in [0.15, 0.2) is 0 Å². The number of carbonyl (C=O) groups excluding carboxylic acids is 1. The number of aliphatic hydroxyl groups excluding tert-OH is 1. The van der Waals surface area contributed by atoms with E-state index in [1.165, 1.54) is 0 Å².